The molecular weight excluding hydrogens is 232 g/mol. The van der Waals surface area contributed by atoms with Crippen LogP contribution >= 0.6 is 0 Å². The number of methoxy groups -OCH3 is 1. The molecule has 1 fully saturated rings. The fraction of sp³-hybridized carbons (Fsp3) is 0.846. The van der Waals surface area contributed by atoms with E-state index in [9.17, 15) is 9.59 Å². The van der Waals surface area contributed by atoms with Gasteiger partial charge in [-0.25, -0.2) is 0 Å². The fourth-order valence-corrected chi connectivity index (χ4v) is 2.27. The Morgan fingerprint density at radius 2 is 1.89 bits per heavy atom. The van der Waals surface area contributed by atoms with Gasteiger partial charge in [-0.1, -0.05) is 26.7 Å². The van der Waals surface area contributed by atoms with Crippen molar-refractivity contribution in [3.8, 4) is 0 Å². The van der Waals surface area contributed by atoms with Gasteiger partial charge in [-0.05, 0) is 18.8 Å². The SMILES string of the molecule is COC(=O)C(NCC(=O)NC1CCCC1)C(C)C. The lowest BCUT2D eigenvalue weighted by molar-refractivity contribution is -0.144. The number of hydrogen-bond acceptors (Lipinski definition) is 4. The van der Waals surface area contributed by atoms with Gasteiger partial charge in [-0.15, -0.1) is 0 Å². The second-order valence-electron chi connectivity index (χ2n) is 5.17. The smallest absolute Gasteiger partial charge is 0.323 e. The molecule has 0 aliphatic heterocycles. The predicted molar refractivity (Wildman–Crippen MR) is 69.0 cm³/mol. The number of carbonyl (C=O) groups is 2. The highest BCUT2D eigenvalue weighted by Crippen LogP contribution is 2.17. The first-order valence-corrected chi connectivity index (χ1v) is 6.65. The van der Waals surface area contributed by atoms with E-state index in [0.29, 0.717) is 6.04 Å². The van der Waals surface area contributed by atoms with Gasteiger partial charge in [0, 0.05) is 6.04 Å². The molecule has 1 rings (SSSR count). The van der Waals surface area contributed by atoms with Crippen molar-refractivity contribution in [3.05, 3.63) is 0 Å². The summed E-state index contributed by atoms with van der Waals surface area (Å²) >= 11 is 0. The lowest BCUT2D eigenvalue weighted by Gasteiger charge is -2.20. The number of carbonyl (C=O) groups excluding carboxylic acids is 2. The molecule has 0 bridgehead atoms. The maximum absolute atomic E-state index is 11.7. The van der Waals surface area contributed by atoms with E-state index in [1.165, 1.54) is 20.0 Å². The van der Waals surface area contributed by atoms with Gasteiger partial charge in [0.05, 0.1) is 13.7 Å². The van der Waals surface area contributed by atoms with E-state index in [0.717, 1.165) is 12.8 Å². The van der Waals surface area contributed by atoms with Gasteiger partial charge in [0.25, 0.3) is 0 Å². The highest BCUT2D eigenvalue weighted by molar-refractivity contribution is 5.80. The second kappa shape index (κ2) is 7.36. The van der Waals surface area contributed by atoms with E-state index >= 15 is 0 Å². The quantitative estimate of drug-likeness (QED) is 0.691. The summed E-state index contributed by atoms with van der Waals surface area (Å²) in [6.45, 7) is 4.00. The van der Waals surface area contributed by atoms with Crippen molar-refractivity contribution < 1.29 is 14.3 Å². The van der Waals surface area contributed by atoms with Gasteiger partial charge < -0.3 is 10.1 Å². The molecule has 1 aliphatic carbocycles. The van der Waals surface area contributed by atoms with E-state index in [1.807, 2.05) is 13.8 Å². The molecule has 5 heteroatoms. The molecule has 1 aliphatic rings. The first-order chi connectivity index (χ1) is 8.54. The zero-order valence-electron chi connectivity index (χ0n) is 11.5. The monoisotopic (exact) mass is 256 g/mol. The van der Waals surface area contributed by atoms with Gasteiger partial charge in [0.1, 0.15) is 6.04 Å². The first kappa shape index (κ1) is 15.0. The first-order valence-electron chi connectivity index (χ1n) is 6.65. The lowest BCUT2D eigenvalue weighted by Crippen LogP contribution is -2.47. The highest BCUT2D eigenvalue weighted by atomic mass is 16.5. The number of hydrogen-bond donors (Lipinski definition) is 2. The summed E-state index contributed by atoms with van der Waals surface area (Å²) in [6.07, 6.45) is 4.51. The number of nitrogens with one attached hydrogen (secondary N) is 2. The van der Waals surface area contributed by atoms with Crippen molar-refractivity contribution in [2.45, 2.75) is 51.6 Å². The molecule has 18 heavy (non-hydrogen) atoms. The summed E-state index contributed by atoms with van der Waals surface area (Å²) in [5, 5.41) is 5.93. The van der Waals surface area contributed by atoms with E-state index < -0.39 is 6.04 Å². The second-order valence-corrected chi connectivity index (χ2v) is 5.17. The van der Waals surface area contributed by atoms with Crippen molar-refractivity contribution >= 4 is 11.9 Å². The Morgan fingerprint density at radius 3 is 2.39 bits per heavy atom. The van der Waals surface area contributed by atoms with Gasteiger partial charge in [0.15, 0.2) is 0 Å². The minimum atomic E-state index is -0.427. The fourth-order valence-electron chi connectivity index (χ4n) is 2.27. The summed E-state index contributed by atoms with van der Waals surface area (Å²) < 4.78 is 4.71. The number of rotatable bonds is 6. The predicted octanol–water partition coefficient (Wildman–Crippen LogP) is 0.832. The Labute approximate surface area is 109 Å². The van der Waals surface area contributed by atoms with Crippen LogP contribution in [-0.4, -0.2) is 37.6 Å². The minimum absolute atomic E-state index is 0.0450. The van der Waals surface area contributed by atoms with Crippen LogP contribution in [0.15, 0.2) is 0 Å². The summed E-state index contributed by atoms with van der Waals surface area (Å²) in [4.78, 5) is 23.2. The van der Waals surface area contributed by atoms with E-state index in [-0.39, 0.29) is 24.3 Å². The molecule has 1 amide bonds. The Hall–Kier alpha value is -1.10. The zero-order valence-corrected chi connectivity index (χ0v) is 11.5. The van der Waals surface area contributed by atoms with Crippen LogP contribution in [0, 0.1) is 5.92 Å². The Kier molecular flexibility index (Phi) is 6.12. The third kappa shape index (κ3) is 4.64. The van der Waals surface area contributed by atoms with Crippen LogP contribution in [0.5, 0.6) is 0 Å². The topological polar surface area (TPSA) is 67.4 Å². The number of esters is 1. The molecule has 0 aromatic heterocycles. The van der Waals surface area contributed by atoms with Crippen LogP contribution in [0.25, 0.3) is 0 Å². The highest BCUT2D eigenvalue weighted by Gasteiger charge is 2.24. The van der Waals surface area contributed by atoms with Crippen LogP contribution in [0.3, 0.4) is 0 Å². The van der Waals surface area contributed by atoms with Crippen LogP contribution in [0.1, 0.15) is 39.5 Å². The normalized spacial score (nSPS) is 17.8. The Morgan fingerprint density at radius 1 is 1.28 bits per heavy atom. The van der Waals surface area contributed by atoms with Crippen LogP contribution in [-0.2, 0) is 14.3 Å². The standard InChI is InChI=1S/C13H24N2O3/c1-9(2)12(13(17)18-3)14-8-11(16)15-10-6-4-5-7-10/h9-10,12,14H,4-8H2,1-3H3,(H,15,16). The van der Waals surface area contributed by atoms with E-state index in [1.54, 1.807) is 0 Å². The van der Waals surface area contributed by atoms with Crippen LogP contribution in [0.2, 0.25) is 0 Å². The number of amides is 1. The molecule has 0 radical (unpaired) electrons. The summed E-state index contributed by atoms with van der Waals surface area (Å²) in [6, 6.07) is -0.112. The summed E-state index contributed by atoms with van der Waals surface area (Å²) in [7, 11) is 1.36. The molecule has 1 atom stereocenters. The number of ether oxygens (including phenoxy) is 1. The van der Waals surface area contributed by atoms with E-state index in [2.05, 4.69) is 10.6 Å². The van der Waals surface area contributed by atoms with Gasteiger partial charge >= 0.3 is 5.97 Å². The molecular formula is C13H24N2O3. The average molecular weight is 256 g/mol. The molecule has 0 heterocycles. The molecule has 0 aromatic rings. The third-order valence-electron chi connectivity index (χ3n) is 3.32. The largest absolute Gasteiger partial charge is 0.468 e. The Bertz CT molecular complexity index is 286. The lowest BCUT2D eigenvalue weighted by atomic mass is 10.0. The van der Waals surface area contributed by atoms with Crippen LogP contribution < -0.4 is 10.6 Å². The van der Waals surface area contributed by atoms with Crippen molar-refractivity contribution in [2.75, 3.05) is 13.7 Å². The molecule has 0 spiro atoms. The maximum atomic E-state index is 11.7. The van der Waals surface area contributed by atoms with Crippen molar-refractivity contribution in [1.29, 1.82) is 0 Å². The van der Waals surface area contributed by atoms with Gasteiger partial charge in [0.2, 0.25) is 5.91 Å². The summed E-state index contributed by atoms with van der Waals surface area (Å²) in [5.41, 5.74) is 0. The minimum Gasteiger partial charge on any atom is -0.468 e. The van der Waals surface area contributed by atoms with Gasteiger partial charge in [-0.3, -0.25) is 14.9 Å². The van der Waals surface area contributed by atoms with Crippen molar-refractivity contribution in [3.63, 3.8) is 0 Å². The molecule has 1 unspecified atom stereocenters. The average Bonchev–Trinajstić information content (AvgIpc) is 2.81. The molecule has 1 saturated carbocycles. The Balaban J connectivity index is 2.32. The van der Waals surface area contributed by atoms with E-state index in [4.69, 9.17) is 4.74 Å². The van der Waals surface area contributed by atoms with Crippen molar-refractivity contribution in [1.82, 2.24) is 10.6 Å². The van der Waals surface area contributed by atoms with Crippen LogP contribution in [0.4, 0.5) is 0 Å². The zero-order chi connectivity index (χ0) is 13.5. The molecule has 2 N–H and O–H groups in total. The molecule has 5 nitrogen and oxygen atoms in total. The molecule has 104 valence electrons. The summed E-state index contributed by atoms with van der Waals surface area (Å²) in [5.74, 6) is -0.271. The maximum Gasteiger partial charge on any atom is 0.323 e. The van der Waals surface area contributed by atoms with Gasteiger partial charge in [-0.2, -0.15) is 0 Å². The van der Waals surface area contributed by atoms with Crippen molar-refractivity contribution in [2.24, 2.45) is 5.92 Å². The third-order valence-corrected chi connectivity index (χ3v) is 3.32. The molecule has 0 saturated heterocycles. The molecule has 0 aromatic carbocycles.